The SMILES string of the molecule is CCOc1ccccc1N1CC(C(=O)N2CCOC3CCCCC32)CC1=O. The molecule has 146 valence electrons. The summed E-state index contributed by atoms with van der Waals surface area (Å²) >= 11 is 0. The van der Waals surface area contributed by atoms with Crippen molar-refractivity contribution in [3.63, 3.8) is 0 Å². The van der Waals surface area contributed by atoms with Gasteiger partial charge in [0.1, 0.15) is 5.75 Å². The van der Waals surface area contributed by atoms with Gasteiger partial charge in [-0.3, -0.25) is 9.59 Å². The van der Waals surface area contributed by atoms with Crippen molar-refractivity contribution in [3.05, 3.63) is 24.3 Å². The van der Waals surface area contributed by atoms with Crippen LogP contribution < -0.4 is 9.64 Å². The third-order valence-electron chi connectivity index (χ3n) is 5.95. The fourth-order valence-electron chi connectivity index (χ4n) is 4.67. The zero-order chi connectivity index (χ0) is 18.8. The molecule has 0 aromatic heterocycles. The highest BCUT2D eigenvalue weighted by Crippen LogP contribution is 2.35. The first-order chi connectivity index (χ1) is 13.2. The summed E-state index contributed by atoms with van der Waals surface area (Å²) in [6.07, 6.45) is 4.80. The summed E-state index contributed by atoms with van der Waals surface area (Å²) in [5, 5.41) is 0. The minimum atomic E-state index is -0.284. The number of hydrogen-bond acceptors (Lipinski definition) is 4. The Hall–Kier alpha value is -2.08. The minimum absolute atomic E-state index is 0.00560. The Bertz CT molecular complexity index is 705. The highest BCUT2D eigenvalue weighted by Gasteiger charge is 2.43. The Morgan fingerprint density at radius 3 is 2.93 bits per heavy atom. The van der Waals surface area contributed by atoms with Gasteiger partial charge in [0.05, 0.1) is 37.0 Å². The molecule has 3 aliphatic rings. The Kier molecular flexibility index (Phi) is 5.34. The lowest BCUT2D eigenvalue weighted by Gasteiger charge is -2.44. The maximum atomic E-state index is 13.2. The van der Waals surface area contributed by atoms with Gasteiger partial charge in [-0.2, -0.15) is 0 Å². The van der Waals surface area contributed by atoms with E-state index in [1.807, 2.05) is 36.1 Å². The van der Waals surface area contributed by atoms with E-state index in [9.17, 15) is 9.59 Å². The summed E-state index contributed by atoms with van der Waals surface area (Å²) in [6.45, 7) is 4.13. The lowest BCUT2D eigenvalue weighted by molar-refractivity contribution is -0.153. The van der Waals surface area contributed by atoms with Crippen molar-refractivity contribution in [3.8, 4) is 5.75 Å². The lowest BCUT2D eigenvalue weighted by atomic mass is 9.89. The number of amides is 2. The Balaban J connectivity index is 1.49. The average molecular weight is 372 g/mol. The monoisotopic (exact) mass is 372 g/mol. The van der Waals surface area contributed by atoms with Crippen LogP contribution in [0.3, 0.4) is 0 Å². The molecule has 1 aromatic carbocycles. The minimum Gasteiger partial charge on any atom is -0.492 e. The molecule has 3 atom stereocenters. The zero-order valence-corrected chi connectivity index (χ0v) is 15.9. The van der Waals surface area contributed by atoms with Crippen LogP contribution in [-0.4, -0.2) is 55.2 Å². The third kappa shape index (κ3) is 3.55. The molecule has 1 aliphatic carbocycles. The van der Waals surface area contributed by atoms with Gasteiger partial charge in [0, 0.05) is 19.5 Å². The molecule has 0 spiro atoms. The molecule has 3 unspecified atom stereocenters. The quantitative estimate of drug-likeness (QED) is 0.815. The van der Waals surface area contributed by atoms with E-state index in [-0.39, 0.29) is 36.3 Å². The third-order valence-corrected chi connectivity index (χ3v) is 5.95. The van der Waals surface area contributed by atoms with Crippen LogP contribution >= 0.6 is 0 Å². The van der Waals surface area contributed by atoms with Gasteiger partial charge in [0.25, 0.3) is 0 Å². The number of carbonyl (C=O) groups is 2. The Labute approximate surface area is 160 Å². The molecule has 0 radical (unpaired) electrons. The Morgan fingerprint density at radius 1 is 1.26 bits per heavy atom. The summed E-state index contributed by atoms with van der Waals surface area (Å²) in [5.74, 6) is 0.516. The van der Waals surface area contributed by atoms with E-state index in [1.165, 1.54) is 6.42 Å². The van der Waals surface area contributed by atoms with Crippen molar-refractivity contribution in [1.82, 2.24) is 4.90 Å². The number of anilines is 1. The van der Waals surface area contributed by atoms with E-state index in [2.05, 4.69) is 0 Å². The zero-order valence-electron chi connectivity index (χ0n) is 15.9. The van der Waals surface area contributed by atoms with Gasteiger partial charge < -0.3 is 19.3 Å². The molecule has 27 heavy (non-hydrogen) atoms. The van der Waals surface area contributed by atoms with Crippen molar-refractivity contribution in [2.75, 3.05) is 31.2 Å². The first-order valence-corrected chi connectivity index (χ1v) is 10.1. The molecule has 0 N–H and O–H groups in total. The maximum absolute atomic E-state index is 13.2. The van der Waals surface area contributed by atoms with Crippen molar-refractivity contribution >= 4 is 17.5 Å². The molecule has 4 rings (SSSR count). The standard InChI is InChI=1S/C21H28N2O4/c1-2-26-18-9-5-4-8-17(18)23-14-15(13-20(23)24)21(25)22-11-12-27-19-10-6-3-7-16(19)22/h4-5,8-9,15-16,19H,2-3,6-7,10-14H2,1H3. The first-order valence-electron chi connectivity index (χ1n) is 10.1. The largest absolute Gasteiger partial charge is 0.492 e. The molecule has 6 nitrogen and oxygen atoms in total. The molecule has 1 saturated carbocycles. The molecule has 1 aromatic rings. The molecule has 2 amide bonds. The number of benzene rings is 1. The highest BCUT2D eigenvalue weighted by atomic mass is 16.5. The van der Waals surface area contributed by atoms with Gasteiger partial charge in [-0.05, 0) is 31.9 Å². The van der Waals surface area contributed by atoms with Crippen LogP contribution in [0.2, 0.25) is 0 Å². The van der Waals surface area contributed by atoms with Gasteiger partial charge >= 0.3 is 0 Å². The average Bonchev–Trinajstić information content (AvgIpc) is 3.09. The van der Waals surface area contributed by atoms with E-state index in [1.54, 1.807) is 4.90 Å². The van der Waals surface area contributed by atoms with Crippen LogP contribution in [0.1, 0.15) is 39.0 Å². The van der Waals surface area contributed by atoms with Crippen molar-refractivity contribution in [1.29, 1.82) is 0 Å². The van der Waals surface area contributed by atoms with Crippen LogP contribution in [0, 0.1) is 5.92 Å². The fraction of sp³-hybridized carbons (Fsp3) is 0.619. The van der Waals surface area contributed by atoms with Crippen molar-refractivity contribution < 1.29 is 19.1 Å². The number of para-hydroxylation sites is 2. The number of fused-ring (bicyclic) bond motifs is 1. The van der Waals surface area contributed by atoms with Gasteiger partial charge in [0.2, 0.25) is 11.8 Å². The second-order valence-corrected chi connectivity index (χ2v) is 7.60. The van der Waals surface area contributed by atoms with Crippen molar-refractivity contribution in [2.45, 2.75) is 51.2 Å². The van der Waals surface area contributed by atoms with Crippen LogP contribution in [0.5, 0.6) is 5.75 Å². The molecule has 6 heteroatoms. The van der Waals surface area contributed by atoms with E-state index in [0.717, 1.165) is 24.9 Å². The molecule has 2 aliphatic heterocycles. The molecular weight excluding hydrogens is 344 g/mol. The molecule has 2 heterocycles. The van der Waals surface area contributed by atoms with E-state index >= 15 is 0 Å². The molecule has 0 bridgehead atoms. The van der Waals surface area contributed by atoms with E-state index in [0.29, 0.717) is 32.1 Å². The van der Waals surface area contributed by atoms with Gasteiger partial charge in [-0.25, -0.2) is 0 Å². The highest BCUT2D eigenvalue weighted by molar-refractivity contribution is 6.01. The topological polar surface area (TPSA) is 59.1 Å². The molecule has 3 fully saturated rings. The number of rotatable bonds is 4. The van der Waals surface area contributed by atoms with Crippen LogP contribution in [-0.2, 0) is 14.3 Å². The number of nitrogens with zero attached hydrogens (tertiary/aromatic N) is 2. The normalized spacial score (nSPS) is 28.2. The second kappa shape index (κ2) is 7.89. The number of ether oxygens (including phenoxy) is 2. The lowest BCUT2D eigenvalue weighted by Crippen LogP contribution is -2.56. The van der Waals surface area contributed by atoms with Gasteiger partial charge in [0.15, 0.2) is 0 Å². The van der Waals surface area contributed by atoms with Crippen LogP contribution in [0.15, 0.2) is 24.3 Å². The fourth-order valence-corrected chi connectivity index (χ4v) is 4.67. The summed E-state index contributed by atoms with van der Waals surface area (Å²) in [7, 11) is 0. The molecular formula is C21H28N2O4. The van der Waals surface area contributed by atoms with Crippen LogP contribution in [0.4, 0.5) is 5.69 Å². The predicted molar refractivity (Wildman–Crippen MR) is 102 cm³/mol. The first kappa shape index (κ1) is 18.3. The summed E-state index contributed by atoms with van der Waals surface area (Å²) in [5.41, 5.74) is 0.761. The van der Waals surface area contributed by atoms with Crippen molar-refractivity contribution in [2.24, 2.45) is 5.92 Å². The van der Waals surface area contributed by atoms with E-state index < -0.39 is 0 Å². The molecule has 2 saturated heterocycles. The maximum Gasteiger partial charge on any atom is 0.228 e. The number of hydrogen-bond donors (Lipinski definition) is 0. The Morgan fingerprint density at radius 2 is 2.07 bits per heavy atom. The number of carbonyl (C=O) groups excluding carboxylic acids is 2. The second-order valence-electron chi connectivity index (χ2n) is 7.60. The van der Waals surface area contributed by atoms with Gasteiger partial charge in [-0.1, -0.05) is 25.0 Å². The van der Waals surface area contributed by atoms with Crippen LogP contribution in [0.25, 0.3) is 0 Å². The summed E-state index contributed by atoms with van der Waals surface area (Å²) in [4.78, 5) is 29.7. The summed E-state index contributed by atoms with van der Waals surface area (Å²) < 4.78 is 11.6. The summed E-state index contributed by atoms with van der Waals surface area (Å²) in [6, 6.07) is 7.74. The number of morpholine rings is 1. The van der Waals surface area contributed by atoms with Gasteiger partial charge in [-0.15, -0.1) is 0 Å². The smallest absolute Gasteiger partial charge is 0.228 e. The predicted octanol–water partition coefficient (Wildman–Crippen LogP) is 2.61. The van der Waals surface area contributed by atoms with E-state index in [4.69, 9.17) is 9.47 Å².